The number of phenols is 1. The molecule has 1 aromatic carbocycles. The molecule has 0 bridgehead atoms. The van der Waals surface area contributed by atoms with E-state index in [1.54, 1.807) is 36.9 Å². The number of piperidine rings is 1. The number of H-pyrrole nitrogens is 1. The van der Waals surface area contributed by atoms with Crippen LogP contribution in [0.2, 0.25) is 0 Å². The lowest BCUT2D eigenvalue weighted by Gasteiger charge is -2.55. The third-order valence-electron chi connectivity index (χ3n) is 6.29. The number of nitrogens with zero attached hydrogens (tertiary/aromatic N) is 4. The number of ether oxygens (including phenoxy) is 1. The molecule has 0 spiro atoms. The van der Waals surface area contributed by atoms with Crippen molar-refractivity contribution in [1.82, 2.24) is 25.1 Å². The van der Waals surface area contributed by atoms with Crippen LogP contribution in [-0.4, -0.2) is 59.8 Å². The van der Waals surface area contributed by atoms with Gasteiger partial charge in [-0.3, -0.25) is 9.89 Å². The molecule has 0 unspecified atom stereocenters. The highest BCUT2D eigenvalue weighted by atomic mass is 16.5. The maximum absolute atomic E-state index is 12.7. The van der Waals surface area contributed by atoms with E-state index in [1.165, 1.54) is 0 Å². The molecule has 3 aromatic rings. The van der Waals surface area contributed by atoms with Gasteiger partial charge in [-0.25, -0.2) is 9.97 Å². The molecule has 2 aromatic heterocycles. The summed E-state index contributed by atoms with van der Waals surface area (Å²) in [4.78, 5) is 23.6. The number of phenolic OH excluding ortho intramolecular Hbond substituents is 1. The van der Waals surface area contributed by atoms with Crippen molar-refractivity contribution in [2.75, 3.05) is 6.54 Å². The van der Waals surface area contributed by atoms with Gasteiger partial charge in [-0.1, -0.05) is 6.07 Å². The van der Waals surface area contributed by atoms with Crippen LogP contribution in [0.25, 0.3) is 22.4 Å². The Balaban J connectivity index is 1.48. The van der Waals surface area contributed by atoms with E-state index in [0.29, 0.717) is 42.9 Å². The van der Waals surface area contributed by atoms with Gasteiger partial charge in [0.25, 0.3) is 0 Å². The summed E-state index contributed by atoms with van der Waals surface area (Å²) in [7, 11) is 0. The van der Waals surface area contributed by atoms with Crippen LogP contribution in [0.3, 0.4) is 0 Å². The summed E-state index contributed by atoms with van der Waals surface area (Å²) in [6.07, 6.45) is 8.20. The van der Waals surface area contributed by atoms with Gasteiger partial charge in [0.15, 0.2) is 0 Å². The first-order chi connectivity index (χ1) is 16.1. The number of nitrogens with two attached hydrogens (primary N) is 1. The number of hydrogen-bond donors (Lipinski definition) is 3. The number of aromatic amines is 1. The summed E-state index contributed by atoms with van der Waals surface area (Å²) in [6.45, 7) is 8.57. The third kappa shape index (κ3) is 4.75. The third-order valence-corrected chi connectivity index (χ3v) is 6.29. The Labute approximate surface area is 199 Å². The second kappa shape index (κ2) is 9.06. The molecule has 9 heteroatoms. The number of benzene rings is 1. The molecule has 1 aliphatic heterocycles. The van der Waals surface area contributed by atoms with Crippen LogP contribution in [0.5, 0.6) is 11.6 Å². The zero-order valence-electron chi connectivity index (χ0n) is 20.1. The molecule has 0 atom stereocenters. The van der Waals surface area contributed by atoms with Crippen molar-refractivity contribution in [3.63, 3.8) is 0 Å². The lowest BCUT2D eigenvalue weighted by Crippen LogP contribution is -2.64. The molecule has 0 radical (unpaired) electrons. The molecule has 180 valence electrons. The average molecular weight is 465 g/mol. The van der Waals surface area contributed by atoms with E-state index in [2.05, 4.69) is 47.9 Å². The first-order valence-corrected chi connectivity index (χ1v) is 11.5. The zero-order valence-corrected chi connectivity index (χ0v) is 20.1. The molecule has 3 heterocycles. The molecule has 0 saturated carbocycles. The number of rotatable bonds is 6. The number of carbonyl (C=O) groups excluding carboxylic acids is 1. The predicted molar refractivity (Wildman–Crippen MR) is 129 cm³/mol. The van der Waals surface area contributed by atoms with Gasteiger partial charge >= 0.3 is 0 Å². The maximum Gasteiger partial charge on any atom is 0.232 e. The normalized spacial score (nSPS) is 17.5. The summed E-state index contributed by atoms with van der Waals surface area (Å²) in [6, 6.07) is 5.38. The number of aromatic nitrogens is 4. The first kappa shape index (κ1) is 23.7. The molecule has 0 aliphatic carbocycles. The lowest BCUT2D eigenvalue weighted by molar-refractivity contribution is -0.153. The predicted octanol–water partition coefficient (Wildman–Crippen LogP) is 3.52. The fraction of sp³-hybridized carbons (Fsp3) is 0.440. The van der Waals surface area contributed by atoms with E-state index < -0.39 is 0 Å². The van der Waals surface area contributed by atoms with Crippen LogP contribution in [0, 0.1) is 0 Å². The monoisotopic (exact) mass is 464 g/mol. The number of amides is 1. The maximum atomic E-state index is 12.7. The Hall–Kier alpha value is -3.46. The minimum Gasteiger partial charge on any atom is -0.507 e. The van der Waals surface area contributed by atoms with E-state index in [1.807, 2.05) is 11.0 Å². The summed E-state index contributed by atoms with van der Waals surface area (Å²) in [5, 5.41) is 17.2. The van der Waals surface area contributed by atoms with E-state index in [9.17, 15) is 9.90 Å². The summed E-state index contributed by atoms with van der Waals surface area (Å²) in [5.74, 6) is 0.593. The summed E-state index contributed by atoms with van der Waals surface area (Å²) < 4.78 is 6.19. The second-order valence-electron chi connectivity index (χ2n) is 10.00. The summed E-state index contributed by atoms with van der Waals surface area (Å²) >= 11 is 0. The van der Waals surface area contributed by atoms with Crippen LogP contribution in [0.1, 0.15) is 47.0 Å². The van der Waals surface area contributed by atoms with E-state index in [0.717, 1.165) is 11.1 Å². The van der Waals surface area contributed by atoms with E-state index >= 15 is 0 Å². The van der Waals surface area contributed by atoms with Crippen LogP contribution >= 0.6 is 0 Å². The first-order valence-electron chi connectivity index (χ1n) is 11.5. The van der Waals surface area contributed by atoms with Gasteiger partial charge in [0.05, 0.1) is 24.3 Å². The van der Waals surface area contributed by atoms with E-state index in [4.69, 9.17) is 10.5 Å². The standard InChI is InChI=1S/C25H32N6O3/c1-24(2)10-18(11-25(3,4)31(24)23(33)7-8-26)34-22-15-27-20(14-28-22)19-6-5-16(9-21(19)32)17-12-29-30-13-17/h5-6,9,12-15,18,32H,7-8,10-11,26H2,1-4H3,(H,29,30). The number of likely N-dealkylation sites (tertiary alicyclic amines) is 1. The van der Waals surface area contributed by atoms with Gasteiger partial charge in [-0.2, -0.15) is 5.10 Å². The molecule has 1 amide bonds. The molecule has 4 rings (SSSR count). The fourth-order valence-corrected chi connectivity index (χ4v) is 5.21. The molecular formula is C25H32N6O3. The lowest BCUT2D eigenvalue weighted by atomic mass is 9.77. The van der Waals surface area contributed by atoms with Crippen molar-refractivity contribution in [2.45, 2.75) is 64.1 Å². The number of aromatic hydroxyl groups is 1. The van der Waals surface area contributed by atoms with Crippen molar-refractivity contribution in [2.24, 2.45) is 5.73 Å². The number of nitrogens with one attached hydrogen (secondary N) is 1. The van der Waals surface area contributed by atoms with Gasteiger partial charge < -0.3 is 20.5 Å². The molecule has 9 nitrogen and oxygen atoms in total. The van der Waals surface area contributed by atoms with Crippen LogP contribution in [-0.2, 0) is 4.79 Å². The van der Waals surface area contributed by atoms with Crippen molar-refractivity contribution < 1.29 is 14.6 Å². The minimum absolute atomic E-state index is 0.0682. The average Bonchev–Trinajstić information content (AvgIpc) is 3.28. The molecule has 1 saturated heterocycles. The van der Waals surface area contributed by atoms with Crippen molar-refractivity contribution in [3.8, 4) is 34.0 Å². The number of carbonyl (C=O) groups is 1. The second-order valence-corrected chi connectivity index (χ2v) is 10.00. The van der Waals surface area contributed by atoms with Gasteiger partial charge in [-0.15, -0.1) is 0 Å². The van der Waals surface area contributed by atoms with Crippen LogP contribution < -0.4 is 10.5 Å². The van der Waals surface area contributed by atoms with E-state index in [-0.39, 0.29) is 28.8 Å². The Morgan fingerprint density at radius 3 is 2.44 bits per heavy atom. The molecule has 1 aliphatic rings. The minimum atomic E-state index is -0.380. The van der Waals surface area contributed by atoms with Crippen molar-refractivity contribution in [1.29, 1.82) is 0 Å². The SMILES string of the molecule is CC1(C)CC(Oc2cnc(-c3ccc(-c4cn[nH]c4)cc3O)cn2)CC(C)(C)N1C(=O)CCN. The van der Waals surface area contributed by atoms with Crippen LogP contribution in [0.4, 0.5) is 0 Å². The topological polar surface area (TPSA) is 130 Å². The Morgan fingerprint density at radius 2 is 1.88 bits per heavy atom. The van der Waals surface area contributed by atoms with Crippen molar-refractivity contribution >= 4 is 5.91 Å². The quantitative estimate of drug-likeness (QED) is 0.509. The van der Waals surface area contributed by atoms with Gasteiger partial charge in [0.1, 0.15) is 11.9 Å². The highest BCUT2D eigenvalue weighted by Gasteiger charge is 2.48. The van der Waals surface area contributed by atoms with Crippen LogP contribution in [0.15, 0.2) is 43.0 Å². The summed E-state index contributed by atoms with van der Waals surface area (Å²) in [5.41, 5.74) is 7.74. The van der Waals surface area contributed by atoms with Gasteiger partial charge in [0, 0.05) is 54.2 Å². The molecule has 34 heavy (non-hydrogen) atoms. The van der Waals surface area contributed by atoms with Gasteiger partial charge in [0.2, 0.25) is 11.8 Å². The Kier molecular flexibility index (Phi) is 6.31. The Morgan fingerprint density at radius 1 is 1.15 bits per heavy atom. The molecule has 4 N–H and O–H groups in total. The fourth-order valence-electron chi connectivity index (χ4n) is 5.21. The molecular weight excluding hydrogens is 432 g/mol. The highest BCUT2D eigenvalue weighted by molar-refractivity contribution is 5.78. The number of hydrogen-bond acceptors (Lipinski definition) is 7. The van der Waals surface area contributed by atoms with Crippen molar-refractivity contribution in [3.05, 3.63) is 43.0 Å². The highest BCUT2D eigenvalue weighted by Crippen LogP contribution is 2.40. The largest absolute Gasteiger partial charge is 0.507 e. The van der Waals surface area contributed by atoms with Gasteiger partial charge in [-0.05, 0) is 45.4 Å². The smallest absolute Gasteiger partial charge is 0.232 e. The zero-order chi connectivity index (χ0) is 24.5. The Bertz CT molecular complexity index is 1120. The molecule has 1 fully saturated rings.